The van der Waals surface area contributed by atoms with Gasteiger partial charge in [-0.05, 0) is 37.6 Å². The zero-order valence-corrected chi connectivity index (χ0v) is 11.4. The second kappa shape index (κ2) is 6.09. The van der Waals surface area contributed by atoms with Crippen LogP contribution in [0.5, 0.6) is 0 Å². The molecule has 0 saturated heterocycles. The minimum atomic E-state index is -1.17. The van der Waals surface area contributed by atoms with Crippen molar-refractivity contribution in [3.63, 3.8) is 0 Å². The predicted molar refractivity (Wildman–Crippen MR) is 73.0 cm³/mol. The number of aryl methyl sites for hydroxylation is 1. The molecule has 0 fully saturated rings. The average molecular weight is 279 g/mol. The van der Waals surface area contributed by atoms with Crippen LogP contribution in [0.4, 0.5) is 13.2 Å². The average Bonchev–Trinajstić information content (AvgIpc) is 2.42. The van der Waals surface area contributed by atoms with Gasteiger partial charge in [-0.15, -0.1) is 0 Å². The number of nitrogens with one attached hydrogen (secondary N) is 1. The highest BCUT2D eigenvalue weighted by atomic mass is 19.2. The fourth-order valence-electron chi connectivity index (χ4n) is 2.23. The van der Waals surface area contributed by atoms with E-state index in [9.17, 15) is 13.2 Å². The van der Waals surface area contributed by atoms with Crippen LogP contribution < -0.4 is 5.32 Å². The van der Waals surface area contributed by atoms with Gasteiger partial charge in [-0.2, -0.15) is 0 Å². The lowest BCUT2D eigenvalue weighted by Crippen LogP contribution is -2.21. The van der Waals surface area contributed by atoms with E-state index in [-0.39, 0.29) is 5.56 Å². The SMILES string of the molecule is CNC(Cc1ccccc1C)c1cc(F)c(F)cc1F. The number of rotatable bonds is 4. The quantitative estimate of drug-likeness (QED) is 0.837. The van der Waals surface area contributed by atoms with E-state index >= 15 is 0 Å². The first kappa shape index (κ1) is 14.6. The number of halogens is 3. The number of likely N-dealkylation sites (N-methyl/N-ethyl adjacent to an activating group) is 1. The largest absolute Gasteiger partial charge is 0.313 e. The third kappa shape index (κ3) is 3.02. The van der Waals surface area contributed by atoms with Gasteiger partial charge < -0.3 is 5.32 Å². The van der Waals surface area contributed by atoms with Crippen LogP contribution in [-0.2, 0) is 6.42 Å². The Morgan fingerprint density at radius 3 is 2.30 bits per heavy atom. The highest BCUT2D eigenvalue weighted by Gasteiger charge is 2.18. The summed E-state index contributed by atoms with van der Waals surface area (Å²) in [5, 5.41) is 2.95. The molecule has 2 aromatic carbocycles. The molecule has 4 heteroatoms. The summed E-state index contributed by atoms with van der Waals surface area (Å²) < 4.78 is 40.1. The molecule has 0 aliphatic heterocycles. The van der Waals surface area contributed by atoms with E-state index in [2.05, 4.69) is 5.32 Å². The first-order chi connectivity index (χ1) is 9.52. The van der Waals surface area contributed by atoms with E-state index in [4.69, 9.17) is 0 Å². The summed E-state index contributed by atoms with van der Waals surface area (Å²) in [6.07, 6.45) is 0.505. The molecule has 0 saturated carbocycles. The summed E-state index contributed by atoms with van der Waals surface area (Å²) in [5.74, 6) is -2.94. The molecule has 1 atom stereocenters. The van der Waals surface area contributed by atoms with Gasteiger partial charge in [0.2, 0.25) is 0 Å². The summed E-state index contributed by atoms with van der Waals surface area (Å²) >= 11 is 0. The van der Waals surface area contributed by atoms with Crippen molar-refractivity contribution in [3.05, 3.63) is 70.5 Å². The first-order valence-electron chi connectivity index (χ1n) is 6.39. The number of benzene rings is 2. The van der Waals surface area contributed by atoms with Crippen LogP contribution in [0.25, 0.3) is 0 Å². The normalized spacial score (nSPS) is 12.4. The van der Waals surface area contributed by atoms with Crippen LogP contribution >= 0.6 is 0 Å². The van der Waals surface area contributed by atoms with Gasteiger partial charge in [0.05, 0.1) is 0 Å². The van der Waals surface area contributed by atoms with E-state index in [1.54, 1.807) is 7.05 Å². The Morgan fingerprint density at radius 1 is 1.00 bits per heavy atom. The van der Waals surface area contributed by atoms with Gasteiger partial charge in [0.25, 0.3) is 0 Å². The molecule has 0 aliphatic carbocycles. The van der Waals surface area contributed by atoms with Crippen molar-refractivity contribution in [3.8, 4) is 0 Å². The van der Waals surface area contributed by atoms with Gasteiger partial charge in [-0.25, -0.2) is 13.2 Å². The Kier molecular flexibility index (Phi) is 4.45. The molecule has 2 aromatic rings. The minimum Gasteiger partial charge on any atom is -0.313 e. The Morgan fingerprint density at radius 2 is 1.65 bits per heavy atom. The van der Waals surface area contributed by atoms with E-state index in [1.807, 2.05) is 31.2 Å². The highest BCUT2D eigenvalue weighted by molar-refractivity contribution is 5.30. The maximum Gasteiger partial charge on any atom is 0.161 e. The fourth-order valence-corrected chi connectivity index (χ4v) is 2.23. The monoisotopic (exact) mass is 279 g/mol. The summed E-state index contributed by atoms with van der Waals surface area (Å²) in [6.45, 7) is 1.96. The lowest BCUT2D eigenvalue weighted by molar-refractivity contribution is 0.474. The Balaban J connectivity index is 2.34. The minimum absolute atomic E-state index is 0.134. The van der Waals surface area contributed by atoms with Crippen molar-refractivity contribution in [1.29, 1.82) is 0 Å². The molecule has 1 nitrogen and oxygen atoms in total. The van der Waals surface area contributed by atoms with Crippen LogP contribution in [0, 0.1) is 24.4 Å². The summed E-state index contributed by atoms with van der Waals surface area (Å²) in [7, 11) is 1.67. The zero-order chi connectivity index (χ0) is 14.7. The standard InChI is InChI=1S/C16H16F3N/c1-10-5-3-4-6-11(10)7-16(20-2)12-8-14(18)15(19)9-13(12)17/h3-6,8-9,16,20H,7H2,1-2H3. The zero-order valence-electron chi connectivity index (χ0n) is 11.4. The topological polar surface area (TPSA) is 12.0 Å². The molecule has 0 amide bonds. The maximum atomic E-state index is 13.8. The van der Waals surface area contributed by atoms with Crippen molar-refractivity contribution in [1.82, 2.24) is 5.32 Å². The van der Waals surface area contributed by atoms with Crippen LogP contribution in [0.1, 0.15) is 22.7 Å². The van der Waals surface area contributed by atoms with E-state index in [0.717, 1.165) is 17.2 Å². The Labute approximate surface area is 116 Å². The maximum absolute atomic E-state index is 13.8. The lowest BCUT2D eigenvalue weighted by Gasteiger charge is -2.19. The van der Waals surface area contributed by atoms with Crippen LogP contribution in [0.3, 0.4) is 0 Å². The van der Waals surface area contributed by atoms with E-state index in [1.165, 1.54) is 0 Å². The molecule has 0 radical (unpaired) electrons. The smallest absolute Gasteiger partial charge is 0.161 e. The van der Waals surface area contributed by atoms with Crippen LogP contribution in [-0.4, -0.2) is 7.05 Å². The molecule has 106 valence electrons. The van der Waals surface area contributed by atoms with Crippen molar-refractivity contribution in [2.75, 3.05) is 7.05 Å². The molecular weight excluding hydrogens is 263 g/mol. The second-order valence-electron chi connectivity index (χ2n) is 4.76. The molecular formula is C16H16F3N. The van der Waals surface area contributed by atoms with Crippen LogP contribution in [0.2, 0.25) is 0 Å². The Hall–Kier alpha value is -1.81. The van der Waals surface area contributed by atoms with Gasteiger partial charge in [0.1, 0.15) is 5.82 Å². The Bertz CT molecular complexity index is 611. The van der Waals surface area contributed by atoms with Gasteiger partial charge in [-0.1, -0.05) is 24.3 Å². The first-order valence-corrected chi connectivity index (χ1v) is 6.39. The van der Waals surface area contributed by atoms with Crippen molar-refractivity contribution in [2.45, 2.75) is 19.4 Å². The van der Waals surface area contributed by atoms with E-state index in [0.29, 0.717) is 12.5 Å². The predicted octanol–water partition coefficient (Wildman–Crippen LogP) is 3.92. The second-order valence-corrected chi connectivity index (χ2v) is 4.76. The molecule has 0 aliphatic rings. The molecule has 1 N–H and O–H groups in total. The fraction of sp³-hybridized carbons (Fsp3) is 0.250. The van der Waals surface area contributed by atoms with Crippen molar-refractivity contribution < 1.29 is 13.2 Å². The summed E-state index contributed by atoms with van der Waals surface area (Å²) in [4.78, 5) is 0. The molecule has 0 spiro atoms. The van der Waals surface area contributed by atoms with Crippen molar-refractivity contribution in [2.24, 2.45) is 0 Å². The van der Waals surface area contributed by atoms with Gasteiger partial charge >= 0.3 is 0 Å². The van der Waals surface area contributed by atoms with Gasteiger partial charge in [0, 0.05) is 17.7 Å². The molecule has 1 unspecified atom stereocenters. The third-order valence-electron chi connectivity index (χ3n) is 3.45. The van der Waals surface area contributed by atoms with Crippen molar-refractivity contribution >= 4 is 0 Å². The number of hydrogen-bond donors (Lipinski definition) is 1. The molecule has 2 rings (SSSR count). The van der Waals surface area contributed by atoms with Gasteiger partial charge in [0.15, 0.2) is 11.6 Å². The van der Waals surface area contributed by atoms with Gasteiger partial charge in [-0.3, -0.25) is 0 Å². The number of hydrogen-bond acceptors (Lipinski definition) is 1. The summed E-state index contributed by atoms with van der Waals surface area (Å²) in [5.41, 5.74) is 2.25. The molecule has 0 heterocycles. The molecule has 0 bridgehead atoms. The third-order valence-corrected chi connectivity index (χ3v) is 3.45. The lowest BCUT2D eigenvalue weighted by atomic mass is 9.96. The highest BCUT2D eigenvalue weighted by Crippen LogP contribution is 2.24. The summed E-state index contributed by atoms with van der Waals surface area (Å²) in [6, 6.07) is 8.83. The molecule has 20 heavy (non-hydrogen) atoms. The van der Waals surface area contributed by atoms with E-state index < -0.39 is 23.5 Å². The molecule has 0 aromatic heterocycles. The van der Waals surface area contributed by atoms with Crippen LogP contribution in [0.15, 0.2) is 36.4 Å².